The third-order valence-corrected chi connectivity index (χ3v) is 3.20. The molecule has 1 aliphatic heterocycles. The number of rotatable bonds is 1. The molecule has 2 nitrogen and oxygen atoms in total. The van der Waals surface area contributed by atoms with Crippen LogP contribution in [0.25, 0.3) is 0 Å². The van der Waals surface area contributed by atoms with E-state index in [1.54, 1.807) is 0 Å². The Hall–Kier alpha value is -2.09. The van der Waals surface area contributed by atoms with E-state index in [-0.39, 0.29) is 0 Å². The van der Waals surface area contributed by atoms with Gasteiger partial charge >= 0.3 is 0 Å². The third kappa shape index (κ3) is 1.82. The van der Waals surface area contributed by atoms with Crippen LogP contribution in [0.15, 0.2) is 54.6 Å². The number of benzene rings is 2. The molecule has 0 saturated heterocycles. The van der Waals surface area contributed by atoms with Crippen LogP contribution < -0.4 is 0 Å². The zero-order valence-electron chi connectivity index (χ0n) is 9.56. The zero-order chi connectivity index (χ0) is 11.7. The van der Waals surface area contributed by atoms with Crippen LogP contribution in [-0.2, 0) is 13.1 Å². The van der Waals surface area contributed by atoms with Gasteiger partial charge in [-0.15, -0.1) is 0 Å². The van der Waals surface area contributed by atoms with Gasteiger partial charge in [0.15, 0.2) is 0 Å². The summed E-state index contributed by atoms with van der Waals surface area (Å²) >= 11 is 0. The van der Waals surface area contributed by atoms with Crippen molar-refractivity contribution in [3.63, 3.8) is 0 Å². The first-order valence-electron chi connectivity index (χ1n) is 5.80. The second kappa shape index (κ2) is 4.06. The van der Waals surface area contributed by atoms with Gasteiger partial charge in [0, 0.05) is 18.7 Å². The third-order valence-electron chi connectivity index (χ3n) is 3.20. The molecule has 0 aromatic heterocycles. The van der Waals surface area contributed by atoms with Crippen LogP contribution in [0.5, 0.6) is 0 Å². The van der Waals surface area contributed by atoms with Crippen LogP contribution >= 0.6 is 0 Å². The number of fused-ring (bicyclic) bond motifs is 1. The van der Waals surface area contributed by atoms with Crippen molar-refractivity contribution < 1.29 is 0 Å². The normalized spacial score (nSPS) is 13.5. The molecule has 0 radical (unpaired) electrons. The molecular weight excluding hydrogens is 208 g/mol. The second-order valence-corrected chi connectivity index (χ2v) is 4.34. The van der Waals surface area contributed by atoms with Gasteiger partial charge in [0.05, 0.1) is 0 Å². The van der Waals surface area contributed by atoms with Gasteiger partial charge in [-0.05, 0) is 11.1 Å². The highest BCUT2D eigenvalue weighted by Crippen LogP contribution is 2.23. The molecular formula is C15H14N2. The van der Waals surface area contributed by atoms with E-state index in [1.165, 1.54) is 11.1 Å². The number of nitrogens with zero attached hydrogens (tertiary/aromatic N) is 1. The van der Waals surface area contributed by atoms with E-state index >= 15 is 0 Å². The maximum absolute atomic E-state index is 8.23. The predicted octanol–water partition coefficient (Wildman–Crippen LogP) is 3.03. The first-order chi connectivity index (χ1) is 8.34. The van der Waals surface area contributed by atoms with Crippen molar-refractivity contribution in [2.45, 2.75) is 13.1 Å². The maximum atomic E-state index is 8.23. The summed E-state index contributed by atoms with van der Waals surface area (Å²) in [4.78, 5) is 2.11. The SMILES string of the molecule is N=C(c1ccccc1)N1Cc2ccccc2C1. The average Bonchev–Trinajstić information content (AvgIpc) is 2.82. The average molecular weight is 222 g/mol. The lowest BCUT2D eigenvalue weighted by Gasteiger charge is -2.18. The fourth-order valence-corrected chi connectivity index (χ4v) is 2.27. The summed E-state index contributed by atoms with van der Waals surface area (Å²) in [5.74, 6) is 0.613. The van der Waals surface area contributed by atoms with Gasteiger partial charge in [-0.3, -0.25) is 5.41 Å². The van der Waals surface area contributed by atoms with Crippen LogP contribution in [0.3, 0.4) is 0 Å². The Morgan fingerprint density at radius 3 is 1.94 bits per heavy atom. The van der Waals surface area contributed by atoms with Gasteiger partial charge in [-0.25, -0.2) is 0 Å². The van der Waals surface area contributed by atoms with Crippen molar-refractivity contribution >= 4 is 5.84 Å². The van der Waals surface area contributed by atoms with Crippen molar-refractivity contribution in [2.75, 3.05) is 0 Å². The molecule has 0 amide bonds. The van der Waals surface area contributed by atoms with Crippen molar-refractivity contribution in [3.05, 3.63) is 71.3 Å². The topological polar surface area (TPSA) is 27.1 Å². The Labute approximate surface area is 101 Å². The molecule has 0 fully saturated rings. The fraction of sp³-hybridized carbons (Fsp3) is 0.133. The van der Waals surface area contributed by atoms with E-state index in [0.717, 1.165) is 18.7 Å². The molecule has 2 heteroatoms. The number of hydrogen-bond acceptors (Lipinski definition) is 1. The quantitative estimate of drug-likeness (QED) is 0.582. The number of amidine groups is 1. The first-order valence-corrected chi connectivity index (χ1v) is 5.80. The molecule has 1 N–H and O–H groups in total. The summed E-state index contributed by atoms with van der Waals surface area (Å²) in [6.07, 6.45) is 0. The molecule has 0 aliphatic carbocycles. The Morgan fingerprint density at radius 1 is 0.824 bits per heavy atom. The smallest absolute Gasteiger partial charge is 0.128 e. The lowest BCUT2D eigenvalue weighted by Crippen LogP contribution is -2.25. The molecule has 0 atom stereocenters. The number of nitrogens with one attached hydrogen (secondary N) is 1. The summed E-state index contributed by atoms with van der Waals surface area (Å²) < 4.78 is 0. The molecule has 84 valence electrons. The lowest BCUT2D eigenvalue weighted by molar-refractivity contribution is 0.445. The minimum absolute atomic E-state index is 0.613. The molecule has 0 spiro atoms. The monoisotopic (exact) mass is 222 g/mol. The van der Waals surface area contributed by atoms with E-state index in [9.17, 15) is 0 Å². The molecule has 1 heterocycles. The van der Waals surface area contributed by atoms with Gasteiger partial charge in [0.25, 0.3) is 0 Å². The Bertz CT molecular complexity index is 521. The van der Waals surface area contributed by atoms with Crippen LogP contribution in [0, 0.1) is 5.41 Å². The summed E-state index contributed by atoms with van der Waals surface area (Å²) in [6, 6.07) is 18.3. The molecule has 3 rings (SSSR count). The largest absolute Gasteiger partial charge is 0.348 e. The molecule has 0 saturated carbocycles. The minimum Gasteiger partial charge on any atom is -0.348 e. The maximum Gasteiger partial charge on any atom is 0.128 e. The zero-order valence-corrected chi connectivity index (χ0v) is 9.56. The van der Waals surface area contributed by atoms with Crippen molar-refractivity contribution in [1.82, 2.24) is 4.90 Å². The molecule has 0 unspecified atom stereocenters. The van der Waals surface area contributed by atoms with Gasteiger partial charge < -0.3 is 4.90 Å². The van der Waals surface area contributed by atoms with Crippen molar-refractivity contribution in [1.29, 1.82) is 5.41 Å². The second-order valence-electron chi connectivity index (χ2n) is 4.34. The first kappa shape index (κ1) is 10.1. The van der Waals surface area contributed by atoms with Crippen LogP contribution in [0.4, 0.5) is 0 Å². The summed E-state index contributed by atoms with van der Waals surface area (Å²) in [7, 11) is 0. The Balaban J connectivity index is 1.84. The highest BCUT2D eigenvalue weighted by Gasteiger charge is 2.20. The van der Waals surface area contributed by atoms with Crippen LogP contribution in [-0.4, -0.2) is 10.7 Å². The van der Waals surface area contributed by atoms with Crippen molar-refractivity contribution in [3.8, 4) is 0 Å². The lowest BCUT2D eigenvalue weighted by atomic mass is 10.1. The van der Waals surface area contributed by atoms with Crippen LogP contribution in [0.1, 0.15) is 16.7 Å². The standard InChI is InChI=1S/C15H14N2/c16-15(12-6-2-1-3-7-12)17-10-13-8-4-5-9-14(13)11-17/h1-9,16H,10-11H2. The summed E-state index contributed by atoms with van der Waals surface area (Å²) in [6.45, 7) is 1.70. The van der Waals surface area contributed by atoms with E-state index in [0.29, 0.717) is 5.84 Å². The highest BCUT2D eigenvalue weighted by atomic mass is 15.2. The van der Waals surface area contributed by atoms with Crippen LogP contribution in [0.2, 0.25) is 0 Å². The minimum atomic E-state index is 0.613. The Morgan fingerprint density at radius 2 is 1.35 bits per heavy atom. The fourth-order valence-electron chi connectivity index (χ4n) is 2.27. The predicted molar refractivity (Wildman–Crippen MR) is 69.0 cm³/mol. The Kier molecular flexibility index (Phi) is 2.41. The van der Waals surface area contributed by atoms with E-state index < -0.39 is 0 Å². The molecule has 2 aromatic rings. The van der Waals surface area contributed by atoms with E-state index in [2.05, 4.69) is 29.2 Å². The van der Waals surface area contributed by atoms with Gasteiger partial charge in [0.2, 0.25) is 0 Å². The molecule has 1 aliphatic rings. The molecule has 0 bridgehead atoms. The van der Waals surface area contributed by atoms with E-state index in [1.807, 2.05) is 30.3 Å². The summed E-state index contributed by atoms with van der Waals surface area (Å²) in [5, 5.41) is 8.23. The van der Waals surface area contributed by atoms with Gasteiger partial charge in [-0.1, -0.05) is 54.6 Å². The number of hydrogen-bond donors (Lipinski definition) is 1. The van der Waals surface area contributed by atoms with Gasteiger partial charge in [0.1, 0.15) is 5.84 Å². The van der Waals surface area contributed by atoms with E-state index in [4.69, 9.17) is 5.41 Å². The van der Waals surface area contributed by atoms with Crippen molar-refractivity contribution in [2.24, 2.45) is 0 Å². The summed E-state index contributed by atoms with van der Waals surface area (Å²) in [5.41, 5.74) is 3.67. The molecule has 2 aromatic carbocycles. The highest BCUT2D eigenvalue weighted by molar-refractivity contribution is 5.96. The molecule has 17 heavy (non-hydrogen) atoms. The van der Waals surface area contributed by atoms with Gasteiger partial charge in [-0.2, -0.15) is 0 Å².